The molecular weight excluding hydrogens is 386 g/mol. The molecule has 0 bridgehead atoms. The van der Waals surface area contributed by atoms with Gasteiger partial charge in [-0.15, -0.1) is 0 Å². The number of carbonyl (C=O) groups is 1. The van der Waals surface area contributed by atoms with Crippen LogP contribution >= 0.6 is 0 Å². The Morgan fingerprint density at radius 2 is 2.00 bits per heavy atom. The lowest BCUT2D eigenvalue weighted by Crippen LogP contribution is -2.34. The quantitative estimate of drug-likeness (QED) is 0.471. The largest absolute Gasteiger partial charge is 0.314 e. The van der Waals surface area contributed by atoms with E-state index in [9.17, 15) is 4.79 Å². The second kappa shape index (κ2) is 8.78. The number of Topliss-reactive ketones (excluding diaryl/α,β-unsaturated/α-hetero) is 1. The van der Waals surface area contributed by atoms with Gasteiger partial charge >= 0.3 is 0 Å². The summed E-state index contributed by atoms with van der Waals surface area (Å²) in [5, 5.41) is 7.94. The summed E-state index contributed by atoms with van der Waals surface area (Å²) < 4.78 is 1.74. The highest BCUT2D eigenvalue weighted by Gasteiger charge is 2.17. The van der Waals surface area contributed by atoms with Gasteiger partial charge in [-0.3, -0.25) is 9.78 Å². The smallest absolute Gasteiger partial charge is 0.164 e. The molecule has 1 fully saturated rings. The van der Waals surface area contributed by atoms with Crippen molar-refractivity contribution in [1.29, 1.82) is 0 Å². The van der Waals surface area contributed by atoms with Gasteiger partial charge in [-0.05, 0) is 44.0 Å². The van der Waals surface area contributed by atoms with Crippen molar-refractivity contribution in [2.45, 2.75) is 38.1 Å². The highest BCUT2D eigenvalue weighted by molar-refractivity contribution is 5.97. The molecule has 0 saturated carbocycles. The zero-order valence-electron chi connectivity index (χ0n) is 17.4. The monoisotopic (exact) mass is 411 g/mol. The predicted octanol–water partition coefficient (Wildman–Crippen LogP) is 4.56. The van der Waals surface area contributed by atoms with Crippen LogP contribution in [-0.4, -0.2) is 38.0 Å². The van der Waals surface area contributed by atoms with Gasteiger partial charge in [-0.25, -0.2) is 9.50 Å². The Labute approximate surface area is 181 Å². The fourth-order valence-corrected chi connectivity index (χ4v) is 4.19. The summed E-state index contributed by atoms with van der Waals surface area (Å²) >= 11 is 0. The number of carbonyl (C=O) groups excluding carboxylic acids is 1. The second-order valence-corrected chi connectivity index (χ2v) is 8.04. The van der Waals surface area contributed by atoms with E-state index in [2.05, 4.69) is 15.4 Å². The molecule has 5 rings (SSSR count). The Morgan fingerprint density at radius 1 is 1.10 bits per heavy atom. The molecule has 0 radical (unpaired) electrons. The average molecular weight is 412 g/mol. The van der Waals surface area contributed by atoms with Crippen molar-refractivity contribution in [2.75, 3.05) is 6.54 Å². The zero-order chi connectivity index (χ0) is 21.0. The van der Waals surface area contributed by atoms with E-state index in [1.165, 1.54) is 12.8 Å². The Bertz CT molecular complexity index is 1200. The first-order valence-corrected chi connectivity index (χ1v) is 10.9. The Morgan fingerprint density at radius 3 is 2.84 bits per heavy atom. The molecule has 1 aromatic carbocycles. The summed E-state index contributed by atoms with van der Waals surface area (Å²) in [4.78, 5) is 22.1. The van der Waals surface area contributed by atoms with Crippen molar-refractivity contribution in [3.8, 4) is 22.5 Å². The summed E-state index contributed by atoms with van der Waals surface area (Å²) in [5.41, 5.74) is 4.88. The van der Waals surface area contributed by atoms with Crippen molar-refractivity contribution >= 4 is 11.4 Å². The number of pyridine rings is 1. The molecule has 1 saturated heterocycles. The number of benzene rings is 1. The fourth-order valence-electron chi connectivity index (χ4n) is 4.19. The first kappa shape index (κ1) is 19.6. The van der Waals surface area contributed by atoms with Gasteiger partial charge < -0.3 is 5.32 Å². The molecule has 3 aromatic heterocycles. The minimum absolute atomic E-state index is 0.158. The summed E-state index contributed by atoms with van der Waals surface area (Å²) in [5.74, 6) is 0.158. The molecule has 0 aliphatic carbocycles. The van der Waals surface area contributed by atoms with Crippen LogP contribution in [0.3, 0.4) is 0 Å². The van der Waals surface area contributed by atoms with Crippen LogP contribution in [0.15, 0.2) is 67.1 Å². The molecule has 1 aliphatic heterocycles. The maximum Gasteiger partial charge on any atom is 0.164 e. The lowest BCUT2D eigenvalue weighted by atomic mass is 9.97. The third-order valence-corrected chi connectivity index (χ3v) is 5.93. The Balaban J connectivity index is 1.40. The topological polar surface area (TPSA) is 72.2 Å². The summed E-state index contributed by atoms with van der Waals surface area (Å²) in [6.07, 6.45) is 10.4. The Kier molecular flexibility index (Phi) is 5.54. The van der Waals surface area contributed by atoms with E-state index < -0.39 is 0 Å². The van der Waals surface area contributed by atoms with E-state index in [-0.39, 0.29) is 5.78 Å². The number of rotatable bonds is 6. The molecule has 4 heterocycles. The van der Waals surface area contributed by atoms with Crippen molar-refractivity contribution in [3.63, 3.8) is 0 Å². The van der Waals surface area contributed by atoms with Gasteiger partial charge in [0.2, 0.25) is 0 Å². The van der Waals surface area contributed by atoms with Gasteiger partial charge in [-0.2, -0.15) is 5.10 Å². The molecule has 1 N–H and O–H groups in total. The van der Waals surface area contributed by atoms with Crippen LogP contribution in [0.1, 0.15) is 42.5 Å². The predicted molar refractivity (Wildman–Crippen MR) is 121 cm³/mol. The zero-order valence-corrected chi connectivity index (χ0v) is 17.4. The summed E-state index contributed by atoms with van der Waals surface area (Å²) in [6.45, 7) is 1.06. The number of fused-ring (bicyclic) bond motifs is 1. The van der Waals surface area contributed by atoms with Gasteiger partial charge in [0.1, 0.15) is 0 Å². The van der Waals surface area contributed by atoms with Crippen LogP contribution in [0.25, 0.3) is 28.2 Å². The van der Waals surface area contributed by atoms with Gasteiger partial charge in [0.25, 0.3) is 0 Å². The molecule has 1 unspecified atom stereocenters. The molecule has 6 heteroatoms. The molecule has 156 valence electrons. The van der Waals surface area contributed by atoms with Gasteiger partial charge in [0, 0.05) is 36.0 Å². The lowest BCUT2D eigenvalue weighted by Gasteiger charge is -2.22. The number of nitrogens with one attached hydrogen (secondary N) is 1. The van der Waals surface area contributed by atoms with Gasteiger partial charge in [0.15, 0.2) is 11.4 Å². The van der Waals surface area contributed by atoms with E-state index in [0.717, 1.165) is 41.9 Å². The summed E-state index contributed by atoms with van der Waals surface area (Å²) in [6, 6.07) is 16.1. The number of hydrogen-bond donors (Lipinski definition) is 1. The molecule has 4 aromatic rings. The highest BCUT2D eigenvalue weighted by atomic mass is 16.1. The number of aromatic nitrogens is 4. The van der Waals surface area contributed by atoms with E-state index in [1.807, 2.05) is 48.7 Å². The SMILES string of the molecule is O=C(CCC1CCCCN1)c1ccnc(-c2cnn3ccc(-c4ccccc4)nc23)c1. The van der Waals surface area contributed by atoms with E-state index in [0.29, 0.717) is 23.7 Å². The maximum atomic E-state index is 12.8. The minimum atomic E-state index is 0.158. The van der Waals surface area contributed by atoms with Crippen LogP contribution in [0.2, 0.25) is 0 Å². The molecule has 0 spiro atoms. The Hall–Kier alpha value is -3.38. The van der Waals surface area contributed by atoms with E-state index in [4.69, 9.17) is 4.98 Å². The van der Waals surface area contributed by atoms with Crippen molar-refractivity contribution in [2.24, 2.45) is 0 Å². The summed E-state index contributed by atoms with van der Waals surface area (Å²) in [7, 11) is 0. The van der Waals surface area contributed by atoms with Crippen LogP contribution in [0.5, 0.6) is 0 Å². The standard InChI is InChI=1S/C25H25N5O/c31-24(10-9-20-8-4-5-13-26-20)19-11-14-27-23(16-19)21-17-28-30-15-12-22(29-25(21)30)18-6-2-1-3-7-18/h1-3,6-7,11-12,14-17,20,26H,4-5,8-10,13H2. The average Bonchev–Trinajstić information content (AvgIpc) is 3.27. The van der Waals surface area contributed by atoms with E-state index >= 15 is 0 Å². The highest BCUT2D eigenvalue weighted by Crippen LogP contribution is 2.25. The van der Waals surface area contributed by atoms with Crippen molar-refractivity contribution in [3.05, 3.63) is 72.7 Å². The first-order chi connectivity index (χ1) is 15.3. The van der Waals surface area contributed by atoms with Gasteiger partial charge in [-0.1, -0.05) is 36.8 Å². The fraction of sp³-hybridized carbons (Fsp3) is 0.280. The molecule has 1 atom stereocenters. The normalized spacial score (nSPS) is 16.5. The number of ketones is 1. The molecule has 31 heavy (non-hydrogen) atoms. The van der Waals surface area contributed by atoms with E-state index in [1.54, 1.807) is 23.0 Å². The van der Waals surface area contributed by atoms with Crippen LogP contribution in [-0.2, 0) is 0 Å². The third kappa shape index (κ3) is 4.25. The molecular formula is C25H25N5O. The third-order valence-electron chi connectivity index (χ3n) is 5.93. The number of nitrogens with zero attached hydrogens (tertiary/aromatic N) is 4. The van der Waals surface area contributed by atoms with Crippen molar-refractivity contribution in [1.82, 2.24) is 24.9 Å². The number of hydrogen-bond acceptors (Lipinski definition) is 5. The molecule has 0 amide bonds. The van der Waals surface area contributed by atoms with Crippen LogP contribution in [0.4, 0.5) is 0 Å². The maximum absolute atomic E-state index is 12.8. The van der Waals surface area contributed by atoms with Gasteiger partial charge in [0.05, 0.1) is 23.1 Å². The van der Waals surface area contributed by atoms with Crippen LogP contribution in [0, 0.1) is 0 Å². The number of piperidine rings is 1. The molecule has 6 nitrogen and oxygen atoms in total. The van der Waals surface area contributed by atoms with Crippen molar-refractivity contribution < 1.29 is 4.79 Å². The first-order valence-electron chi connectivity index (χ1n) is 10.9. The second-order valence-electron chi connectivity index (χ2n) is 8.04. The lowest BCUT2D eigenvalue weighted by molar-refractivity contribution is 0.0974. The molecule has 1 aliphatic rings. The minimum Gasteiger partial charge on any atom is -0.314 e. The van der Waals surface area contributed by atoms with Crippen LogP contribution < -0.4 is 5.32 Å².